The van der Waals surface area contributed by atoms with Crippen molar-refractivity contribution in [1.29, 1.82) is 0 Å². The first-order valence-corrected chi connectivity index (χ1v) is 9.56. The number of anilines is 2. The minimum atomic E-state index is -3.13. The van der Waals surface area contributed by atoms with E-state index in [9.17, 15) is 8.78 Å². The Balaban J connectivity index is 1.63. The number of rotatable bonds is 3. The second kappa shape index (κ2) is 5.82. The van der Waals surface area contributed by atoms with Gasteiger partial charge in [0.05, 0.1) is 17.5 Å². The molecule has 2 aliphatic heterocycles. The molecule has 1 atom stereocenters. The average molecular weight is 393 g/mol. The Hall–Kier alpha value is -1.86. The molecule has 1 aliphatic carbocycles. The minimum absolute atomic E-state index is 0.0385. The molecule has 1 saturated heterocycles. The van der Waals surface area contributed by atoms with E-state index in [1.807, 2.05) is 11.1 Å². The predicted octanol–water partition coefficient (Wildman–Crippen LogP) is 4.67. The van der Waals surface area contributed by atoms with E-state index in [2.05, 4.69) is 15.0 Å². The number of aromatic nitrogens is 3. The number of hydrogen-bond donors (Lipinski definition) is 0. The summed E-state index contributed by atoms with van der Waals surface area (Å²) in [5, 5.41) is 0.380. The molecule has 27 heavy (non-hydrogen) atoms. The molecule has 1 spiro atoms. The number of fused-ring (bicyclic) bond motifs is 2. The molecule has 2 aromatic rings. The Morgan fingerprint density at radius 3 is 2.78 bits per heavy atom. The van der Waals surface area contributed by atoms with Crippen LogP contribution in [-0.4, -0.2) is 28.1 Å². The van der Waals surface area contributed by atoms with Gasteiger partial charge in [-0.1, -0.05) is 11.6 Å². The zero-order valence-electron chi connectivity index (χ0n) is 14.9. The van der Waals surface area contributed by atoms with Crippen LogP contribution in [-0.2, 0) is 16.1 Å². The number of nitrogens with zero attached hydrogens (tertiary/aromatic N) is 4. The molecule has 0 N–H and O–H groups in total. The van der Waals surface area contributed by atoms with Gasteiger partial charge in [0.1, 0.15) is 11.0 Å². The van der Waals surface area contributed by atoms with Crippen molar-refractivity contribution in [3.05, 3.63) is 40.6 Å². The van der Waals surface area contributed by atoms with Gasteiger partial charge in [0.2, 0.25) is 5.82 Å². The standard InChI is InChI=1S/C19H19ClF2N4O/c1-18(21,22)17-24-12(14-3-2-6-27-14)7-16(25-17)26-10-19(4-5-19)11-9-23-15(20)8-13(11)26/h7-9,14H,2-6,10H2,1H3. The third-order valence-electron chi connectivity index (χ3n) is 5.69. The van der Waals surface area contributed by atoms with Gasteiger partial charge >= 0.3 is 5.92 Å². The maximum Gasteiger partial charge on any atom is 0.303 e. The third kappa shape index (κ3) is 2.88. The summed E-state index contributed by atoms with van der Waals surface area (Å²) in [5.74, 6) is -3.12. The summed E-state index contributed by atoms with van der Waals surface area (Å²) >= 11 is 6.12. The zero-order chi connectivity index (χ0) is 18.8. The number of halogens is 3. The second-order valence-electron chi connectivity index (χ2n) is 7.76. The van der Waals surface area contributed by atoms with Crippen LogP contribution in [0.25, 0.3) is 0 Å². The highest BCUT2D eigenvalue weighted by Gasteiger charge is 2.52. The number of hydrogen-bond acceptors (Lipinski definition) is 5. The molecule has 5 nitrogen and oxygen atoms in total. The first-order valence-electron chi connectivity index (χ1n) is 9.18. The lowest BCUT2D eigenvalue weighted by atomic mass is 10.0. The van der Waals surface area contributed by atoms with Crippen LogP contribution in [0, 0.1) is 0 Å². The summed E-state index contributed by atoms with van der Waals surface area (Å²) in [6.07, 6.45) is 5.34. The molecular weight excluding hydrogens is 374 g/mol. The van der Waals surface area contributed by atoms with Crippen LogP contribution in [0.4, 0.5) is 20.3 Å². The van der Waals surface area contributed by atoms with Gasteiger partial charge in [-0.05, 0) is 31.7 Å². The summed E-state index contributed by atoms with van der Waals surface area (Å²) in [6.45, 7) is 2.15. The van der Waals surface area contributed by atoms with Crippen molar-refractivity contribution in [2.75, 3.05) is 18.1 Å². The topological polar surface area (TPSA) is 51.1 Å². The highest BCUT2D eigenvalue weighted by atomic mass is 35.5. The van der Waals surface area contributed by atoms with E-state index in [4.69, 9.17) is 16.3 Å². The third-order valence-corrected chi connectivity index (χ3v) is 5.89. The summed E-state index contributed by atoms with van der Waals surface area (Å²) < 4.78 is 33.9. The Morgan fingerprint density at radius 2 is 2.11 bits per heavy atom. The molecule has 5 rings (SSSR count). The Kier molecular flexibility index (Phi) is 3.72. The van der Waals surface area contributed by atoms with E-state index >= 15 is 0 Å². The van der Waals surface area contributed by atoms with E-state index in [0.717, 1.165) is 43.9 Å². The molecule has 1 unspecified atom stereocenters. The van der Waals surface area contributed by atoms with Gasteiger partial charge in [-0.15, -0.1) is 0 Å². The van der Waals surface area contributed by atoms with Gasteiger partial charge in [0, 0.05) is 43.3 Å². The molecule has 0 bridgehead atoms. The van der Waals surface area contributed by atoms with Crippen LogP contribution in [0.3, 0.4) is 0 Å². The summed E-state index contributed by atoms with van der Waals surface area (Å²) in [6, 6.07) is 3.58. The zero-order valence-corrected chi connectivity index (χ0v) is 15.6. The van der Waals surface area contributed by atoms with Crippen LogP contribution >= 0.6 is 11.6 Å². The van der Waals surface area contributed by atoms with E-state index in [1.54, 1.807) is 12.1 Å². The van der Waals surface area contributed by atoms with Crippen molar-refractivity contribution in [3.63, 3.8) is 0 Å². The van der Waals surface area contributed by atoms with Crippen molar-refractivity contribution in [2.24, 2.45) is 0 Å². The fourth-order valence-corrected chi connectivity index (χ4v) is 4.22. The fraction of sp³-hybridized carbons (Fsp3) is 0.526. The second-order valence-corrected chi connectivity index (χ2v) is 8.14. The fourth-order valence-electron chi connectivity index (χ4n) is 4.07. The first kappa shape index (κ1) is 17.3. The molecule has 4 heterocycles. The molecule has 142 valence electrons. The summed E-state index contributed by atoms with van der Waals surface area (Å²) in [5.41, 5.74) is 2.58. The van der Waals surface area contributed by atoms with Gasteiger partial charge in [-0.2, -0.15) is 8.78 Å². The number of alkyl halides is 2. The lowest BCUT2D eigenvalue weighted by molar-refractivity contribution is 0.00677. The molecule has 2 fully saturated rings. The van der Waals surface area contributed by atoms with Gasteiger partial charge in [0.15, 0.2) is 0 Å². The summed E-state index contributed by atoms with van der Waals surface area (Å²) in [7, 11) is 0. The maximum absolute atomic E-state index is 14.1. The van der Waals surface area contributed by atoms with Crippen LogP contribution in [0.1, 0.15) is 55.8 Å². The molecular formula is C19H19ClF2N4O. The van der Waals surface area contributed by atoms with Crippen LogP contribution in [0.5, 0.6) is 0 Å². The maximum atomic E-state index is 14.1. The highest BCUT2D eigenvalue weighted by molar-refractivity contribution is 6.29. The molecule has 0 amide bonds. The monoisotopic (exact) mass is 392 g/mol. The smallest absolute Gasteiger partial charge is 0.303 e. The quantitative estimate of drug-likeness (QED) is 0.710. The van der Waals surface area contributed by atoms with E-state index in [0.29, 0.717) is 29.8 Å². The van der Waals surface area contributed by atoms with Gasteiger partial charge in [0.25, 0.3) is 0 Å². The van der Waals surface area contributed by atoms with Gasteiger partial charge in [-0.3, -0.25) is 0 Å². The molecule has 1 saturated carbocycles. The van der Waals surface area contributed by atoms with Crippen molar-refractivity contribution < 1.29 is 13.5 Å². The molecule has 2 aromatic heterocycles. The normalized spacial score (nSPS) is 23.1. The largest absolute Gasteiger partial charge is 0.372 e. The Labute approximate surface area is 160 Å². The Morgan fingerprint density at radius 1 is 1.30 bits per heavy atom. The predicted molar refractivity (Wildman–Crippen MR) is 96.7 cm³/mol. The van der Waals surface area contributed by atoms with Crippen molar-refractivity contribution >= 4 is 23.1 Å². The molecule has 3 aliphatic rings. The first-order chi connectivity index (χ1) is 12.9. The van der Waals surface area contributed by atoms with Crippen LogP contribution < -0.4 is 4.90 Å². The molecule has 8 heteroatoms. The van der Waals surface area contributed by atoms with Crippen molar-refractivity contribution in [3.8, 4) is 0 Å². The lowest BCUT2D eigenvalue weighted by Gasteiger charge is -2.22. The average Bonchev–Trinajstić information content (AvgIpc) is 3.07. The van der Waals surface area contributed by atoms with Crippen molar-refractivity contribution in [1.82, 2.24) is 15.0 Å². The molecule has 0 aromatic carbocycles. The lowest BCUT2D eigenvalue weighted by Crippen LogP contribution is -2.23. The van der Waals surface area contributed by atoms with Gasteiger partial charge < -0.3 is 9.64 Å². The number of ether oxygens (including phenoxy) is 1. The SMILES string of the molecule is CC(F)(F)c1nc(C2CCCO2)cc(N2CC3(CC3)c3cnc(Cl)cc32)n1. The highest BCUT2D eigenvalue weighted by Crippen LogP contribution is 2.58. The minimum Gasteiger partial charge on any atom is -0.372 e. The van der Waals surface area contributed by atoms with E-state index in [1.165, 1.54) is 0 Å². The van der Waals surface area contributed by atoms with E-state index < -0.39 is 11.7 Å². The van der Waals surface area contributed by atoms with Crippen LogP contribution in [0.2, 0.25) is 5.15 Å². The van der Waals surface area contributed by atoms with Crippen molar-refractivity contribution in [2.45, 2.75) is 50.0 Å². The summed E-state index contributed by atoms with van der Waals surface area (Å²) in [4.78, 5) is 14.6. The Bertz CT molecular complexity index is 907. The van der Waals surface area contributed by atoms with Gasteiger partial charge in [-0.25, -0.2) is 15.0 Å². The molecule has 0 radical (unpaired) electrons. The number of pyridine rings is 1. The van der Waals surface area contributed by atoms with E-state index in [-0.39, 0.29) is 11.5 Å². The van der Waals surface area contributed by atoms with Crippen LogP contribution in [0.15, 0.2) is 18.3 Å².